The molecule has 0 aliphatic heterocycles. The van der Waals surface area contributed by atoms with Crippen LogP contribution in [0.5, 0.6) is 0 Å². The number of hydrogen-bond donors (Lipinski definition) is 0. The van der Waals surface area contributed by atoms with E-state index in [1.54, 1.807) is 0 Å². The van der Waals surface area contributed by atoms with Gasteiger partial charge in [0.2, 0.25) is 0 Å². The fraction of sp³-hybridized carbons (Fsp3) is 0.455. The van der Waals surface area contributed by atoms with Gasteiger partial charge in [0.05, 0.1) is 5.54 Å². The second kappa shape index (κ2) is 6.60. The van der Waals surface area contributed by atoms with Gasteiger partial charge in [-0.3, -0.25) is 4.90 Å². The molecule has 2 aliphatic rings. The standard InChI is InChI=1S/C22H30N2/c1-6-23(7-2)19-11-10-17-14-18-12-13-22(5,24(8-3)9-4)16-21(18)20(17)15-19/h10-16H,6-9H2,1-5H3. The lowest BCUT2D eigenvalue weighted by molar-refractivity contribution is 0.206. The molecule has 0 spiro atoms. The van der Waals surface area contributed by atoms with Crippen LogP contribution in [-0.4, -0.2) is 36.6 Å². The van der Waals surface area contributed by atoms with Crippen LogP contribution in [0.4, 0.5) is 5.69 Å². The van der Waals surface area contributed by atoms with Gasteiger partial charge in [-0.15, -0.1) is 0 Å². The first kappa shape index (κ1) is 17.0. The van der Waals surface area contributed by atoms with E-state index in [9.17, 15) is 0 Å². The van der Waals surface area contributed by atoms with Crippen LogP contribution in [0.2, 0.25) is 0 Å². The van der Waals surface area contributed by atoms with Gasteiger partial charge in [0, 0.05) is 18.8 Å². The van der Waals surface area contributed by atoms with E-state index in [-0.39, 0.29) is 5.54 Å². The fourth-order valence-electron chi connectivity index (χ4n) is 4.09. The molecule has 0 saturated heterocycles. The first-order chi connectivity index (χ1) is 11.6. The molecular formula is C22H30N2. The van der Waals surface area contributed by atoms with Crippen molar-refractivity contribution in [1.29, 1.82) is 0 Å². The smallest absolute Gasteiger partial charge is 0.0558 e. The van der Waals surface area contributed by atoms with Gasteiger partial charge in [0.15, 0.2) is 0 Å². The highest BCUT2D eigenvalue weighted by Crippen LogP contribution is 2.43. The number of allylic oxidation sites excluding steroid dienone is 3. The molecule has 0 bridgehead atoms. The first-order valence-corrected chi connectivity index (χ1v) is 9.34. The predicted molar refractivity (Wildman–Crippen MR) is 106 cm³/mol. The van der Waals surface area contributed by atoms with Crippen LogP contribution < -0.4 is 4.90 Å². The van der Waals surface area contributed by atoms with Crippen molar-refractivity contribution < 1.29 is 0 Å². The highest BCUT2D eigenvalue weighted by atomic mass is 15.2. The molecule has 128 valence electrons. The van der Waals surface area contributed by atoms with E-state index in [2.05, 4.69) is 86.9 Å². The Hall–Kier alpha value is -1.80. The minimum Gasteiger partial charge on any atom is -0.372 e. The highest BCUT2D eigenvalue weighted by Gasteiger charge is 2.31. The predicted octanol–water partition coefficient (Wildman–Crippen LogP) is 4.98. The van der Waals surface area contributed by atoms with Crippen LogP contribution in [0.3, 0.4) is 0 Å². The molecule has 1 aromatic carbocycles. The summed E-state index contributed by atoms with van der Waals surface area (Å²) in [5, 5.41) is 0. The lowest BCUT2D eigenvalue weighted by Gasteiger charge is -2.38. The third kappa shape index (κ3) is 2.73. The topological polar surface area (TPSA) is 6.48 Å². The molecule has 0 radical (unpaired) electrons. The molecule has 0 amide bonds. The van der Waals surface area contributed by atoms with Crippen LogP contribution in [0.25, 0.3) is 11.6 Å². The number of rotatable bonds is 6. The maximum atomic E-state index is 2.51. The van der Waals surface area contributed by atoms with Crippen molar-refractivity contribution in [2.24, 2.45) is 0 Å². The van der Waals surface area contributed by atoms with E-state index >= 15 is 0 Å². The number of fused-ring (bicyclic) bond motifs is 3. The fourth-order valence-corrected chi connectivity index (χ4v) is 4.09. The number of nitrogens with zero attached hydrogens (tertiary/aromatic N) is 2. The van der Waals surface area contributed by atoms with Crippen molar-refractivity contribution in [2.75, 3.05) is 31.1 Å². The molecule has 0 saturated carbocycles. The maximum Gasteiger partial charge on any atom is 0.0558 e. The number of likely N-dealkylation sites (N-methyl/N-ethyl adjacent to an activating group) is 1. The average molecular weight is 322 g/mol. The molecule has 2 heteroatoms. The van der Waals surface area contributed by atoms with E-state index < -0.39 is 0 Å². The quantitative estimate of drug-likeness (QED) is 0.728. The zero-order valence-electron chi connectivity index (χ0n) is 15.8. The molecule has 0 N–H and O–H groups in total. The summed E-state index contributed by atoms with van der Waals surface area (Å²) in [6.45, 7) is 15.5. The van der Waals surface area contributed by atoms with Gasteiger partial charge in [0.1, 0.15) is 0 Å². The van der Waals surface area contributed by atoms with Crippen LogP contribution in [0.1, 0.15) is 45.7 Å². The van der Waals surface area contributed by atoms with E-state index in [0.717, 1.165) is 26.2 Å². The van der Waals surface area contributed by atoms with Crippen molar-refractivity contribution in [3.63, 3.8) is 0 Å². The van der Waals surface area contributed by atoms with Crippen molar-refractivity contribution in [3.05, 3.63) is 53.1 Å². The SMILES string of the molecule is CCN(CC)c1ccc2c(c1)C1=CC(C)(N(CC)CC)C=CC1=C2. The Labute approximate surface area is 147 Å². The third-order valence-corrected chi connectivity index (χ3v) is 5.56. The van der Waals surface area contributed by atoms with Crippen molar-refractivity contribution in [3.8, 4) is 0 Å². The van der Waals surface area contributed by atoms with Gasteiger partial charge in [-0.25, -0.2) is 0 Å². The Balaban J connectivity index is 2.03. The number of benzene rings is 1. The molecular weight excluding hydrogens is 292 g/mol. The molecule has 2 nitrogen and oxygen atoms in total. The van der Waals surface area contributed by atoms with Crippen molar-refractivity contribution in [2.45, 2.75) is 40.2 Å². The second-order valence-corrected chi connectivity index (χ2v) is 6.83. The average Bonchev–Trinajstić information content (AvgIpc) is 2.94. The van der Waals surface area contributed by atoms with E-state index in [1.807, 2.05) is 0 Å². The summed E-state index contributed by atoms with van der Waals surface area (Å²) in [5.41, 5.74) is 6.82. The molecule has 1 atom stereocenters. The largest absolute Gasteiger partial charge is 0.372 e. The molecule has 0 heterocycles. The molecule has 1 unspecified atom stereocenters. The summed E-state index contributed by atoms with van der Waals surface area (Å²) in [6.07, 6.45) is 9.45. The summed E-state index contributed by atoms with van der Waals surface area (Å²) >= 11 is 0. The molecule has 2 aliphatic carbocycles. The first-order valence-electron chi connectivity index (χ1n) is 9.34. The summed E-state index contributed by atoms with van der Waals surface area (Å²) in [5.74, 6) is 0. The zero-order valence-corrected chi connectivity index (χ0v) is 15.8. The van der Waals surface area contributed by atoms with E-state index in [0.29, 0.717) is 0 Å². The minimum atomic E-state index is 0.00296. The summed E-state index contributed by atoms with van der Waals surface area (Å²) < 4.78 is 0. The minimum absolute atomic E-state index is 0.00296. The van der Waals surface area contributed by atoms with Crippen LogP contribution in [0, 0.1) is 0 Å². The summed E-state index contributed by atoms with van der Waals surface area (Å²) in [7, 11) is 0. The Morgan fingerprint density at radius 1 is 0.958 bits per heavy atom. The summed E-state index contributed by atoms with van der Waals surface area (Å²) in [6, 6.07) is 6.91. The van der Waals surface area contributed by atoms with Gasteiger partial charge in [0.25, 0.3) is 0 Å². The van der Waals surface area contributed by atoms with Crippen LogP contribution in [-0.2, 0) is 0 Å². The molecule has 3 rings (SSSR count). The lowest BCUT2D eigenvalue weighted by atomic mass is 9.86. The molecule has 24 heavy (non-hydrogen) atoms. The molecule has 0 fully saturated rings. The molecule has 1 aromatic rings. The van der Waals surface area contributed by atoms with Crippen LogP contribution in [0.15, 0.2) is 42.0 Å². The zero-order chi connectivity index (χ0) is 17.3. The Kier molecular flexibility index (Phi) is 4.69. The van der Waals surface area contributed by atoms with Gasteiger partial charge >= 0.3 is 0 Å². The van der Waals surface area contributed by atoms with Crippen molar-refractivity contribution >= 4 is 17.3 Å². The Bertz CT molecular complexity index is 703. The number of anilines is 1. The normalized spacial score (nSPS) is 21.4. The van der Waals surface area contributed by atoms with E-state index in [4.69, 9.17) is 0 Å². The van der Waals surface area contributed by atoms with Gasteiger partial charge in [-0.1, -0.05) is 38.1 Å². The maximum absolute atomic E-state index is 2.51. The Morgan fingerprint density at radius 3 is 2.29 bits per heavy atom. The van der Waals surface area contributed by atoms with Crippen molar-refractivity contribution in [1.82, 2.24) is 4.90 Å². The van der Waals surface area contributed by atoms with Gasteiger partial charge in [-0.05, 0) is 74.3 Å². The monoisotopic (exact) mass is 322 g/mol. The third-order valence-electron chi connectivity index (χ3n) is 5.56. The van der Waals surface area contributed by atoms with Gasteiger partial charge in [-0.2, -0.15) is 0 Å². The Morgan fingerprint density at radius 2 is 1.67 bits per heavy atom. The second-order valence-electron chi connectivity index (χ2n) is 6.83. The summed E-state index contributed by atoms with van der Waals surface area (Å²) in [4.78, 5) is 4.93. The lowest BCUT2D eigenvalue weighted by Crippen LogP contribution is -2.44. The van der Waals surface area contributed by atoms with Crippen LogP contribution >= 0.6 is 0 Å². The number of hydrogen-bond acceptors (Lipinski definition) is 2. The van der Waals surface area contributed by atoms with E-state index in [1.165, 1.54) is 28.0 Å². The highest BCUT2D eigenvalue weighted by molar-refractivity contribution is 5.99. The van der Waals surface area contributed by atoms with Gasteiger partial charge < -0.3 is 4.90 Å². The molecule has 0 aromatic heterocycles.